The van der Waals surface area contributed by atoms with Crippen molar-refractivity contribution in [2.24, 2.45) is 0 Å². The highest BCUT2D eigenvalue weighted by Gasteiger charge is 2.19. The maximum Gasteiger partial charge on any atom is 0.213 e. The lowest BCUT2D eigenvalue weighted by molar-refractivity contribution is 0.298. The summed E-state index contributed by atoms with van der Waals surface area (Å²) >= 11 is 0. The summed E-state index contributed by atoms with van der Waals surface area (Å²) in [5.74, 6) is 1.72. The normalized spacial score (nSPS) is 16.6. The standard InChI is InChI=1S/C22H26N4O/c1-2-3-13-27-21-14-18(10-12-24-21)16-6-8-17(9-7-16)20-15-25-22(26-20)19-5-4-11-23-19/h6-10,12,14-15,19,23H,2-5,11,13H2,1H3,(H,25,26)/t19-/m0/s1. The smallest absolute Gasteiger partial charge is 0.213 e. The van der Waals surface area contributed by atoms with E-state index in [0.717, 1.165) is 54.0 Å². The Hall–Kier alpha value is -2.66. The van der Waals surface area contributed by atoms with Gasteiger partial charge in [0.05, 0.1) is 24.5 Å². The molecule has 0 saturated carbocycles. The monoisotopic (exact) mass is 362 g/mol. The van der Waals surface area contributed by atoms with Gasteiger partial charge < -0.3 is 15.0 Å². The summed E-state index contributed by atoms with van der Waals surface area (Å²) in [6.45, 7) is 3.94. The third-order valence-corrected chi connectivity index (χ3v) is 5.00. The van der Waals surface area contributed by atoms with Crippen LogP contribution in [0.4, 0.5) is 0 Å². The molecule has 0 radical (unpaired) electrons. The zero-order chi connectivity index (χ0) is 18.5. The molecule has 0 amide bonds. The van der Waals surface area contributed by atoms with Crippen LogP contribution in [0.25, 0.3) is 22.4 Å². The number of hydrogen-bond donors (Lipinski definition) is 2. The molecular weight excluding hydrogens is 336 g/mol. The maximum absolute atomic E-state index is 5.72. The predicted molar refractivity (Wildman–Crippen MR) is 108 cm³/mol. The number of aromatic amines is 1. The fourth-order valence-corrected chi connectivity index (χ4v) is 3.41. The number of nitrogens with one attached hydrogen (secondary N) is 2. The predicted octanol–water partition coefficient (Wildman–Crippen LogP) is 4.74. The number of imidazole rings is 1. The molecule has 1 saturated heterocycles. The Labute approximate surface area is 160 Å². The number of hydrogen-bond acceptors (Lipinski definition) is 4. The van der Waals surface area contributed by atoms with E-state index in [1.807, 2.05) is 18.3 Å². The van der Waals surface area contributed by atoms with Gasteiger partial charge in [-0.1, -0.05) is 37.6 Å². The average molecular weight is 362 g/mol. The van der Waals surface area contributed by atoms with Crippen LogP contribution in [0.2, 0.25) is 0 Å². The number of nitrogens with zero attached hydrogens (tertiary/aromatic N) is 2. The molecule has 0 bridgehead atoms. The Morgan fingerprint density at radius 2 is 1.93 bits per heavy atom. The number of aromatic nitrogens is 3. The van der Waals surface area contributed by atoms with Crippen LogP contribution < -0.4 is 10.1 Å². The van der Waals surface area contributed by atoms with E-state index in [4.69, 9.17) is 4.74 Å². The average Bonchev–Trinajstić information content (AvgIpc) is 3.40. The van der Waals surface area contributed by atoms with Gasteiger partial charge >= 0.3 is 0 Å². The van der Waals surface area contributed by atoms with Gasteiger partial charge in [0.1, 0.15) is 5.82 Å². The number of pyridine rings is 1. The first-order valence-corrected chi connectivity index (χ1v) is 9.81. The minimum absolute atomic E-state index is 0.362. The zero-order valence-electron chi connectivity index (χ0n) is 15.7. The summed E-state index contributed by atoms with van der Waals surface area (Å²) in [4.78, 5) is 12.3. The summed E-state index contributed by atoms with van der Waals surface area (Å²) in [6.07, 6.45) is 8.26. The van der Waals surface area contributed by atoms with Crippen molar-refractivity contribution >= 4 is 0 Å². The molecule has 1 aliphatic heterocycles. The van der Waals surface area contributed by atoms with E-state index in [1.165, 1.54) is 6.42 Å². The van der Waals surface area contributed by atoms with E-state index in [9.17, 15) is 0 Å². The molecule has 5 heteroatoms. The summed E-state index contributed by atoms with van der Waals surface area (Å²) in [5, 5.41) is 3.48. The highest BCUT2D eigenvalue weighted by atomic mass is 16.5. The molecule has 0 spiro atoms. The number of unbranched alkanes of at least 4 members (excludes halogenated alkanes) is 1. The van der Waals surface area contributed by atoms with Crippen molar-refractivity contribution in [1.82, 2.24) is 20.3 Å². The minimum atomic E-state index is 0.362. The molecule has 27 heavy (non-hydrogen) atoms. The first kappa shape index (κ1) is 17.7. The quantitative estimate of drug-likeness (QED) is 0.596. The van der Waals surface area contributed by atoms with Gasteiger partial charge in [-0.25, -0.2) is 9.97 Å². The van der Waals surface area contributed by atoms with E-state index >= 15 is 0 Å². The summed E-state index contributed by atoms with van der Waals surface area (Å²) < 4.78 is 5.72. The lowest BCUT2D eigenvalue weighted by Gasteiger charge is -2.08. The molecule has 4 rings (SSSR count). The zero-order valence-corrected chi connectivity index (χ0v) is 15.7. The van der Waals surface area contributed by atoms with Crippen molar-refractivity contribution in [1.29, 1.82) is 0 Å². The van der Waals surface area contributed by atoms with Crippen molar-refractivity contribution in [2.75, 3.05) is 13.2 Å². The number of ether oxygens (including phenoxy) is 1. The largest absolute Gasteiger partial charge is 0.478 e. The van der Waals surface area contributed by atoms with Gasteiger partial charge in [-0.3, -0.25) is 0 Å². The first-order valence-electron chi connectivity index (χ1n) is 9.81. The van der Waals surface area contributed by atoms with Gasteiger partial charge in [-0.2, -0.15) is 0 Å². The van der Waals surface area contributed by atoms with Crippen LogP contribution >= 0.6 is 0 Å². The Bertz CT molecular complexity index is 866. The highest BCUT2D eigenvalue weighted by Crippen LogP contribution is 2.27. The molecule has 1 fully saturated rings. The van der Waals surface area contributed by atoms with Crippen molar-refractivity contribution in [3.63, 3.8) is 0 Å². The van der Waals surface area contributed by atoms with Crippen molar-refractivity contribution in [3.8, 4) is 28.3 Å². The van der Waals surface area contributed by atoms with Gasteiger partial charge in [0.25, 0.3) is 0 Å². The Morgan fingerprint density at radius 3 is 2.70 bits per heavy atom. The van der Waals surface area contributed by atoms with Crippen LogP contribution in [0, 0.1) is 0 Å². The fraction of sp³-hybridized carbons (Fsp3) is 0.364. The van der Waals surface area contributed by atoms with Crippen molar-refractivity contribution < 1.29 is 4.74 Å². The Balaban J connectivity index is 1.48. The Morgan fingerprint density at radius 1 is 1.07 bits per heavy atom. The van der Waals surface area contributed by atoms with Crippen LogP contribution in [0.15, 0.2) is 48.8 Å². The van der Waals surface area contributed by atoms with Crippen LogP contribution in [-0.4, -0.2) is 28.1 Å². The van der Waals surface area contributed by atoms with Gasteiger partial charge in [-0.05, 0) is 48.6 Å². The summed E-state index contributed by atoms with van der Waals surface area (Å²) in [7, 11) is 0. The van der Waals surface area contributed by atoms with E-state index in [2.05, 4.69) is 51.5 Å². The van der Waals surface area contributed by atoms with Crippen molar-refractivity contribution in [3.05, 3.63) is 54.6 Å². The number of rotatable bonds is 7. The molecule has 1 aliphatic rings. The van der Waals surface area contributed by atoms with Gasteiger partial charge in [0.2, 0.25) is 5.88 Å². The van der Waals surface area contributed by atoms with E-state index < -0.39 is 0 Å². The highest BCUT2D eigenvalue weighted by molar-refractivity contribution is 5.69. The van der Waals surface area contributed by atoms with Crippen LogP contribution in [0.3, 0.4) is 0 Å². The number of benzene rings is 1. The minimum Gasteiger partial charge on any atom is -0.478 e. The summed E-state index contributed by atoms with van der Waals surface area (Å²) in [6, 6.07) is 12.9. The summed E-state index contributed by atoms with van der Waals surface area (Å²) in [5.41, 5.74) is 4.47. The topological polar surface area (TPSA) is 62.8 Å². The van der Waals surface area contributed by atoms with Crippen molar-refractivity contribution in [2.45, 2.75) is 38.6 Å². The van der Waals surface area contributed by atoms with Gasteiger partial charge in [-0.15, -0.1) is 0 Å². The van der Waals surface area contributed by atoms with Crippen LogP contribution in [0.1, 0.15) is 44.5 Å². The van der Waals surface area contributed by atoms with Gasteiger partial charge in [0, 0.05) is 12.3 Å². The lowest BCUT2D eigenvalue weighted by atomic mass is 10.0. The van der Waals surface area contributed by atoms with Crippen LogP contribution in [-0.2, 0) is 0 Å². The van der Waals surface area contributed by atoms with Crippen LogP contribution in [0.5, 0.6) is 5.88 Å². The Kier molecular flexibility index (Phi) is 5.49. The molecular formula is C22H26N4O. The molecule has 5 nitrogen and oxygen atoms in total. The molecule has 0 unspecified atom stereocenters. The fourth-order valence-electron chi connectivity index (χ4n) is 3.41. The van der Waals surface area contributed by atoms with Gasteiger partial charge in [0.15, 0.2) is 0 Å². The molecule has 140 valence electrons. The van der Waals surface area contributed by atoms with E-state index in [1.54, 1.807) is 6.20 Å². The SMILES string of the molecule is CCCCOc1cc(-c2ccc(-c3cnc([C@@H]4CCCN4)[nH]3)cc2)ccn1. The molecule has 2 aromatic heterocycles. The third-order valence-electron chi connectivity index (χ3n) is 5.00. The van der Waals surface area contributed by atoms with E-state index in [0.29, 0.717) is 18.5 Å². The molecule has 3 heterocycles. The second-order valence-corrected chi connectivity index (χ2v) is 6.99. The molecule has 1 aromatic carbocycles. The molecule has 3 aromatic rings. The number of H-pyrrole nitrogens is 1. The third kappa shape index (κ3) is 4.19. The molecule has 0 aliphatic carbocycles. The molecule has 1 atom stereocenters. The maximum atomic E-state index is 5.72. The second-order valence-electron chi connectivity index (χ2n) is 6.99. The molecule has 2 N–H and O–H groups in total. The first-order chi connectivity index (χ1) is 13.3. The second kappa shape index (κ2) is 8.35. The lowest BCUT2D eigenvalue weighted by Crippen LogP contribution is -2.14. The van der Waals surface area contributed by atoms with E-state index in [-0.39, 0.29) is 0 Å².